The van der Waals surface area contributed by atoms with E-state index >= 15 is 0 Å². The molecule has 0 fully saturated rings. The van der Waals surface area contributed by atoms with Gasteiger partial charge in [-0.3, -0.25) is 4.79 Å². The van der Waals surface area contributed by atoms with Gasteiger partial charge in [0.2, 0.25) is 0 Å². The van der Waals surface area contributed by atoms with Crippen LogP contribution in [0.3, 0.4) is 0 Å². The second-order valence-electron chi connectivity index (χ2n) is 6.54. The highest BCUT2D eigenvalue weighted by atomic mass is 16.5. The van der Waals surface area contributed by atoms with E-state index in [0.717, 1.165) is 29.2 Å². The molecule has 6 nitrogen and oxygen atoms in total. The Balaban J connectivity index is 1.64. The Bertz CT molecular complexity index is 961. The minimum Gasteiger partial charge on any atom is -0.490 e. The lowest BCUT2D eigenvalue weighted by atomic mass is 10.1. The number of benzene rings is 2. The van der Waals surface area contributed by atoms with Crippen LogP contribution in [-0.4, -0.2) is 30.6 Å². The Hall–Kier alpha value is -3.54. The van der Waals surface area contributed by atoms with Crippen molar-refractivity contribution >= 4 is 17.4 Å². The molecule has 1 amide bonds. The maximum absolute atomic E-state index is 12.7. The predicted octanol–water partition coefficient (Wildman–Crippen LogP) is 4.79. The smallest absolute Gasteiger partial charge is 0.259 e. The highest BCUT2D eigenvalue weighted by Gasteiger charge is 2.12. The largest absolute Gasteiger partial charge is 0.490 e. The zero-order valence-electron chi connectivity index (χ0n) is 17.4. The molecule has 0 radical (unpaired) electrons. The molecule has 0 bridgehead atoms. The van der Waals surface area contributed by atoms with Crippen molar-refractivity contribution in [3.8, 4) is 11.5 Å². The van der Waals surface area contributed by atoms with Crippen LogP contribution in [0, 0.1) is 0 Å². The fourth-order valence-electron chi connectivity index (χ4n) is 3.03. The van der Waals surface area contributed by atoms with Gasteiger partial charge in [0.05, 0.1) is 18.8 Å². The van der Waals surface area contributed by atoms with E-state index in [1.165, 1.54) is 0 Å². The predicted molar refractivity (Wildman–Crippen MR) is 120 cm³/mol. The summed E-state index contributed by atoms with van der Waals surface area (Å²) >= 11 is 0. The van der Waals surface area contributed by atoms with E-state index in [4.69, 9.17) is 9.47 Å². The molecule has 1 aromatic heterocycles. The Morgan fingerprint density at radius 3 is 2.47 bits per heavy atom. The minimum atomic E-state index is -0.198. The number of ether oxygens (including phenoxy) is 2. The maximum atomic E-state index is 12.7. The van der Waals surface area contributed by atoms with Crippen LogP contribution in [0.5, 0.6) is 11.5 Å². The van der Waals surface area contributed by atoms with Gasteiger partial charge in [-0.2, -0.15) is 0 Å². The number of nitrogens with zero attached hydrogens (tertiary/aromatic N) is 1. The maximum Gasteiger partial charge on any atom is 0.259 e. The van der Waals surface area contributed by atoms with Gasteiger partial charge in [0, 0.05) is 18.4 Å². The van der Waals surface area contributed by atoms with Gasteiger partial charge in [-0.15, -0.1) is 0 Å². The Labute approximate surface area is 177 Å². The molecular formula is C24H27N3O3. The lowest BCUT2D eigenvalue weighted by molar-refractivity contribution is 0.102. The monoisotopic (exact) mass is 405 g/mol. The third-order valence-corrected chi connectivity index (χ3v) is 4.40. The van der Waals surface area contributed by atoms with E-state index in [0.29, 0.717) is 31.1 Å². The second kappa shape index (κ2) is 10.9. The average Bonchev–Trinajstić information content (AvgIpc) is 2.77. The third kappa shape index (κ3) is 5.73. The molecule has 0 spiro atoms. The lowest BCUT2D eigenvalue weighted by Gasteiger charge is -2.13. The van der Waals surface area contributed by atoms with Gasteiger partial charge >= 0.3 is 0 Å². The summed E-state index contributed by atoms with van der Waals surface area (Å²) in [5.74, 6) is 1.86. The first-order valence-electron chi connectivity index (χ1n) is 10.1. The van der Waals surface area contributed by atoms with Gasteiger partial charge in [-0.05, 0) is 62.2 Å². The van der Waals surface area contributed by atoms with E-state index in [1.54, 1.807) is 18.3 Å². The molecule has 0 atom stereocenters. The van der Waals surface area contributed by atoms with Crippen molar-refractivity contribution in [2.75, 3.05) is 30.4 Å². The van der Waals surface area contributed by atoms with Gasteiger partial charge in [0.25, 0.3) is 5.91 Å². The van der Waals surface area contributed by atoms with Crippen molar-refractivity contribution in [3.05, 3.63) is 78.0 Å². The van der Waals surface area contributed by atoms with Crippen molar-refractivity contribution in [2.45, 2.75) is 20.3 Å². The van der Waals surface area contributed by atoms with E-state index in [9.17, 15) is 4.79 Å². The topological polar surface area (TPSA) is 72.5 Å². The molecule has 0 saturated heterocycles. The van der Waals surface area contributed by atoms with Crippen LogP contribution in [0.25, 0.3) is 0 Å². The Morgan fingerprint density at radius 1 is 0.933 bits per heavy atom. The fourth-order valence-corrected chi connectivity index (χ4v) is 3.03. The number of amides is 1. The summed E-state index contributed by atoms with van der Waals surface area (Å²) in [6, 6.07) is 18.8. The normalized spacial score (nSPS) is 10.3. The molecule has 3 aromatic rings. The van der Waals surface area contributed by atoms with Crippen LogP contribution in [0.15, 0.2) is 66.9 Å². The molecule has 2 aromatic carbocycles. The third-order valence-electron chi connectivity index (χ3n) is 4.40. The summed E-state index contributed by atoms with van der Waals surface area (Å²) in [6.45, 7) is 5.70. The Kier molecular flexibility index (Phi) is 7.66. The van der Waals surface area contributed by atoms with Gasteiger partial charge in [-0.1, -0.05) is 24.3 Å². The number of para-hydroxylation sites is 1. The number of carbonyl (C=O) groups excluding carboxylic acids is 1. The van der Waals surface area contributed by atoms with Crippen LogP contribution in [0.1, 0.15) is 29.8 Å². The fraction of sp³-hybridized carbons (Fsp3) is 0.250. The number of rotatable bonds is 10. The summed E-state index contributed by atoms with van der Waals surface area (Å²) in [5, 5.41) is 6.17. The molecule has 0 unspecified atom stereocenters. The van der Waals surface area contributed by atoms with Crippen LogP contribution in [0.2, 0.25) is 0 Å². The zero-order chi connectivity index (χ0) is 21.2. The van der Waals surface area contributed by atoms with Gasteiger partial charge in [0.1, 0.15) is 5.82 Å². The standard InChI is InChI=1S/C24H27N3O3/c1-3-29-21-13-12-18(17-22(21)30-4-2)14-16-26-23-20(11-8-15-25-23)24(28)27-19-9-6-5-7-10-19/h5-13,15,17H,3-4,14,16H2,1-2H3,(H,25,26)(H,27,28). The number of nitrogens with one attached hydrogen (secondary N) is 2. The molecule has 2 N–H and O–H groups in total. The van der Waals surface area contributed by atoms with E-state index in [-0.39, 0.29) is 5.91 Å². The van der Waals surface area contributed by atoms with Gasteiger partial charge < -0.3 is 20.1 Å². The summed E-state index contributed by atoms with van der Waals surface area (Å²) in [7, 11) is 0. The number of hydrogen-bond acceptors (Lipinski definition) is 5. The first kappa shape index (κ1) is 21.2. The first-order chi connectivity index (χ1) is 14.7. The Morgan fingerprint density at radius 2 is 1.70 bits per heavy atom. The number of anilines is 2. The van der Waals surface area contributed by atoms with Gasteiger partial charge in [0.15, 0.2) is 11.5 Å². The molecule has 0 aliphatic rings. The molecular weight excluding hydrogens is 378 g/mol. The lowest BCUT2D eigenvalue weighted by Crippen LogP contribution is -2.16. The SMILES string of the molecule is CCOc1ccc(CCNc2ncccc2C(=O)Nc2ccccc2)cc1OCC. The molecule has 0 aliphatic carbocycles. The van der Waals surface area contributed by atoms with Crippen LogP contribution in [-0.2, 0) is 6.42 Å². The van der Waals surface area contributed by atoms with Crippen LogP contribution >= 0.6 is 0 Å². The first-order valence-corrected chi connectivity index (χ1v) is 10.1. The van der Waals surface area contributed by atoms with Crippen molar-refractivity contribution in [1.82, 2.24) is 4.98 Å². The van der Waals surface area contributed by atoms with E-state index in [1.807, 2.05) is 62.4 Å². The number of aromatic nitrogens is 1. The summed E-state index contributed by atoms with van der Waals surface area (Å²) in [6.07, 6.45) is 2.43. The molecule has 0 saturated carbocycles. The van der Waals surface area contributed by atoms with Gasteiger partial charge in [-0.25, -0.2) is 4.98 Å². The van der Waals surface area contributed by atoms with E-state index < -0.39 is 0 Å². The summed E-state index contributed by atoms with van der Waals surface area (Å²) < 4.78 is 11.3. The van der Waals surface area contributed by atoms with Crippen molar-refractivity contribution in [2.24, 2.45) is 0 Å². The molecule has 0 aliphatic heterocycles. The van der Waals surface area contributed by atoms with Crippen LogP contribution in [0.4, 0.5) is 11.5 Å². The number of hydrogen-bond donors (Lipinski definition) is 2. The highest BCUT2D eigenvalue weighted by molar-refractivity contribution is 6.07. The molecule has 6 heteroatoms. The second-order valence-corrected chi connectivity index (χ2v) is 6.54. The van der Waals surface area contributed by atoms with Crippen LogP contribution < -0.4 is 20.1 Å². The van der Waals surface area contributed by atoms with Crippen molar-refractivity contribution in [3.63, 3.8) is 0 Å². The van der Waals surface area contributed by atoms with E-state index in [2.05, 4.69) is 15.6 Å². The molecule has 3 rings (SSSR count). The molecule has 156 valence electrons. The summed E-state index contributed by atoms with van der Waals surface area (Å²) in [5.41, 5.74) is 2.36. The minimum absolute atomic E-state index is 0.198. The highest BCUT2D eigenvalue weighted by Crippen LogP contribution is 2.28. The summed E-state index contributed by atoms with van der Waals surface area (Å²) in [4.78, 5) is 17.0. The number of pyridine rings is 1. The zero-order valence-corrected chi connectivity index (χ0v) is 17.4. The molecule has 1 heterocycles. The average molecular weight is 405 g/mol. The quantitative estimate of drug-likeness (QED) is 0.508. The van der Waals surface area contributed by atoms with Crippen molar-refractivity contribution < 1.29 is 14.3 Å². The molecule has 30 heavy (non-hydrogen) atoms. The van der Waals surface area contributed by atoms with Crippen molar-refractivity contribution in [1.29, 1.82) is 0 Å². The number of carbonyl (C=O) groups is 1.